The lowest BCUT2D eigenvalue weighted by Gasteiger charge is -2.23. The van der Waals surface area contributed by atoms with E-state index in [0.717, 1.165) is 0 Å². The van der Waals surface area contributed by atoms with E-state index < -0.39 is 36.0 Å². The topological polar surface area (TPSA) is 175 Å². The quantitative estimate of drug-likeness (QED) is 0.152. The number of carbonyl (C=O) groups is 4. The molecule has 0 radical (unpaired) electrons. The average Bonchev–Trinajstić information content (AvgIpc) is 3.57. The van der Waals surface area contributed by atoms with Crippen LogP contribution in [-0.2, 0) is 20.9 Å². The number of hydrogen-bond donors (Lipinski definition) is 2. The van der Waals surface area contributed by atoms with Crippen LogP contribution in [0.3, 0.4) is 0 Å². The number of alkyl halides is 1. The molecular formula is C30H30BrFN8O5. The molecule has 1 aliphatic rings. The molecule has 45 heavy (non-hydrogen) atoms. The molecule has 1 fully saturated rings. The third-order valence-electron chi connectivity index (χ3n) is 7.35. The number of nitrogens with one attached hydrogen (secondary N) is 1. The van der Waals surface area contributed by atoms with Crippen LogP contribution in [0.25, 0.3) is 22.0 Å². The fourth-order valence-corrected chi connectivity index (χ4v) is 5.25. The second-order valence-corrected chi connectivity index (χ2v) is 11.8. The molecule has 0 bridgehead atoms. The molecule has 5 rings (SSSR count). The van der Waals surface area contributed by atoms with Gasteiger partial charge in [-0.25, -0.2) is 24.1 Å². The van der Waals surface area contributed by atoms with Crippen molar-refractivity contribution in [3.05, 3.63) is 59.1 Å². The van der Waals surface area contributed by atoms with Crippen LogP contribution >= 0.6 is 15.9 Å². The second-order valence-electron chi connectivity index (χ2n) is 11.0. The number of amides is 2. The lowest BCUT2D eigenvalue weighted by Crippen LogP contribution is -2.44. The summed E-state index contributed by atoms with van der Waals surface area (Å²) in [4.78, 5) is 64.7. The number of esters is 1. The Labute approximate surface area is 265 Å². The molecule has 0 spiro atoms. The number of carbonyl (C=O) groups excluding carboxylic acids is 4. The van der Waals surface area contributed by atoms with Gasteiger partial charge in [0.2, 0.25) is 11.8 Å². The van der Waals surface area contributed by atoms with Crippen LogP contribution in [0.2, 0.25) is 0 Å². The third kappa shape index (κ3) is 7.04. The first-order valence-electron chi connectivity index (χ1n) is 14.1. The minimum Gasteiger partial charge on any atom is -0.390 e. The number of fused-ring (bicyclic) bond motifs is 1. The Kier molecular flexibility index (Phi) is 9.29. The summed E-state index contributed by atoms with van der Waals surface area (Å²) in [6.45, 7) is 4.38. The number of nitrogens with zero attached hydrogens (tertiary/aromatic N) is 6. The number of anilines is 1. The zero-order valence-corrected chi connectivity index (χ0v) is 26.2. The Morgan fingerprint density at radius 3 is 2.53 bits per heavy atom. The number of benzene rings is 1. The third-order valence-corrected chi connectivity index (χ3v) is 7.79. The van der Waals surface area contributed by atoms with Crippen LogP contribution in [0, 0.1) is 5.92 Å². The van der Waals surface area contributed by atoms with Gasteiger partial charge in [0.1, 0.15) is 40.9 Å². The lowest BCUT2D eigenvalue weighted by molar-refractivity contribution is -0.137. The largest absolute Gasteiger partial charge is 0.390 e. The number of aromatic nitrogens is 5. The maximum atomic E-state index is 14.5. The van der Waals surface area contributed by atoms with Gasteiger partial charge in [0.15, 0.2) is 5.78 Å². The molecule has 1 aliphatic heterocycles. The first-order valence-corrected chi connectivity index (χ1v) is 14.9. The zero-order valence-electron chi connectivity index (χ0n) is 24.6. The normalized spacial score (nSPS) is 17.0. The van der Waals surface area contributed by atoms with E-state index in [0.29, 0.717) is 26.6 Å². The number of halogens is 2. The number of likely N-dealkylation sites (tertiary alicyclic amines) is 1. The monoisotopic (exact) mass is 680 g/mol. The van der Waals surface area contributed by atoms with Crippen molar-refractivity contribution >= 4 is 56.2 Å². The van der Waals surface area contributed by atoms with E-state index in [1.54, 1.807) is 50.2 Å². The highest BCUT2D eigenvalue weighted by Crippen LogP contribution is 2.28. The summed E-state index contributed by atoms with van der Waals surface area (Å²) in [5, 5.41) is 7.50. The highest BCUT2D eigenvalue weighted by atomic mass is 79.9. The van der Waals surface area contributed by atoms with Crippen LogP contribution < -0.4 is 15.8 Å². The van der Waals surface area contributed by atoms with Crippen LogP contribution in [0.1, 0.15) is 37.7 Å². The fraction of sp³-hybridized carbons (Fsp3) is 0.333. The highest BCUT2D eigenvalue weighted by molar-refractivity contribution is 9.10. The van der Waals surface area contributed by atoms with Gasteiger partial charge in [-0.15, -0.1) is 0 Å². The Morgan fingerprint density at radius 1 is 1.13 bits per heavy atom. The summed E-state index contributed by atoms with van der Waals surface area (Å²) in [6, 6.07) is 8.11. The molecule has 15 heteroatoms. The maximum Gasteiger partial charge on any atom is 0.330 e. The van der Waals surface area contributed by atoms with Crippen LogP contribution in [0.4, 0.5) is 10.2 Å². The maximum absolute atomic E-state index is 14.5. The van der Waals surface area contributed by atoms with Gasteiger partial charge in [0.05, 0.1) is 12.1 Å². The highest BCUT2D eigenvalue weighted by Gasteiger charge is 2.40. The minimum atomic E-state index is -1.38. The summed E-state index contributed by atoms with van der Waals surface area (Å²) < 4.78 is 21.5. The summed E-state index contributed by atoms with van der Waals surface area (Å²) in [5.41, 5.74) is 7.66. The summed E-state index contributed by atoms with van der Waals surface area (Å²) in [5.74, 6) is -1.91. The van der Waals surface area contributed by atoms with Gasteiger partial charge in [-0.2, -0.15) is 5.10 Å². The van der Waals surface area contributed by atoms with E-state index in [1.807, 2.05) is 0 Å². The zero-order chi connectivity index (χ0) is 32.4. The fourth-order valence-electron chi connectivity index (χ4n) is 4.90. The van der Waals surface area contributed by atoms with Gasteiger partial charge < -0.3 is 20.7 Å². The van der Waals surface area contributed by atoms with Crippen molar-refractivity contribution in [3.63, 3.8) is 0 Å². The van der Waals surface area contributed by atoms with Gasteiger partial charge in [-0.1, -0.05) is 26.0 Å². The number of Topliss-reactive ketones (excluding diaryl/α,β-unsaturated/α-hetero) is 1. The molecular weight excluding hydrogens is 651 g/mol. The van der Waals surface area contributed by atoms with Crippen molar-refractivity contribution in [2.45, 2.75) is 52.0 Å². The number of pyridine rings is 1. The van der Waals surface area contributed by atoms with E-state index in [1.165, 1.54) is 28.9 Å². The predicted molar refractivity (Wildman–Crippen MR) is 165 cm³/mol. The van der Waals surface area contributed by atoms with Crippen molar-refractivity contribution in [1.29, 1.82) is 0 Å². The summed E-state index contributed by atoms with van der Waals surface area (Å²) in [6.07, 6.45) is 1.40. The first kappa shape index (κ1) is 31.8. The van der Waals surface area contributed by atoms with Gasteiger partial charge in [-0.3, -0.25) is 19.1 Å². The van der Waals surface area contributed by atoms with E-state index in [-0.39, 0.29) is 48.7 Å². The molecule has 2 amide bonds. The Bertz CT molecular complexity index is 1780. The molecule has 3 N–H and O–H groups in total. The second kappa shape index (κ2) is 13.2. The number of ketones is 1. The molecule has 234 valence electrons. The lowest BCUT2D eigenvalue weighted by atomic mass is 10.0. The standard InChI is InChI=1S/C30H30BrFN8O5/c1-15(2)26(33)29(44)45-30-34-11-18(12-35-30)17-7-8-21-20(9-17)27(16(3)41)38-40(21)14-25(42)39-13-19(32)10-22(39)28(43)37-24-6-4-5-23(31)36-24/h4-9,11-12,15,19,22,26H,10,13-14,33H2,1-3H3,(H,36,37,43)/t19-,22+,26+/m1/s1. The number of ether oxygens (including phenoxy) is 1. The minimum absolute atomic E-state index is 0.118. The average molecular weight is 682 g/mol. The molecule has 4 heterocycles. The number of nitrogens with two attached hydrogens (primary N) is 1. The molecule has 0 aliphatic carbocycles. The molecule has 4 aromatic rings. The summed E-state index contributed by atoms with van der Waals surface area (Å²) in [7, 11) is 0. The van der Waals surface area contributed by atoms with Crippen LogP contribution in [-0.4, -0.2) is 78.0 Å². The molecule has 13 nitrogen and oxygen atoms in total. The molecule has 3 aromatic heterocycles. The SMILES string of the molecule is CC(=O)c1nn(CC(=O)N2C[C@H](F)C[C@H]2C(=O)Nc2cccc(Br)n2)c2ccc(-c3cnc(OC(=O)[C@@H](N)C(C)C)nc3)cc12. The summed E-state index contributed by atoms with van der Waals surface area (Å²) >= 11 is 3.24. The van der Waals surface area contributed by atoms with Crippen molar-refractivity contribution in [3.8, 4) is 17.1 Å². The van der Waals surface area contributed by atoms with E-state index in [4.69, 9.17) is 10.5 Å². The Morgan fingerprint density at radius 2 is 1.87 bits per heavy atom. The molecule has 0 unspecified atom stereocenters. The number of hydrogen-bond acceptors (Lipinski definition) is 10. The van der Waals surface area contributed by atoms with Crippen molar-refractivity contribution in [2.24, 2.45) is 11.7 Å². The van der Waals surface area contributed by atoms with Crippen molar-refractivity contribution < 1.29 is 28.3 Å². The Hall–Kier alpha value is -4.63. The predicted octanol–water partition coefficient (Wildman–Crippen LogP) is 3.32. The first-order chi connectivity index (χ1) is 21.4. The van der Waals surface area contributed by atoms with Gasteiger partial charge >= 0.3 is 12.0 Å². The molecule has 0 saturated carbocycles. The van der Waals surface area contributed by atoms with Crippen LogP contribution in [0.5, 0.6) is 6.01 Å². The van der Waals surface area contributed by atoms with Crippen molar-refractivity contribution in [2.75, 3.05) is 11.9 Å². The van der Waals surface area contributed by atoms with Crippen LogP contribution in [0.15, 0.2) is 53.4 Å². The van der Waals surface area contributed by atoms with E-state index in [9.17, 15) is 23.6 Å². The smallest absolute Gasteiger partial charge is 0.330 e. The number of rotatable bonds is 9. The van der Waals surface area contributed by atoms with Gasteiger partial charge in [-0.05, 0) is 51.7 Å². The van der Waals surface area contributed by atoms with Gasteiger partial charge in [0, 0.05) is 36.7 Å². The van der Waals surface area contributed by atoms with Crippen molar-refractivity contribution in [1.82, 2.24) is 29.6 Å². The van der Waals surface area contributed by atoms with E-state index >= 15 is 0 Å². The van der Waals surface area contributed by atoms with Gasteiger partial charge in [0.25, 0.3) is 0 Å². The van der Waals surface area contributed by atoms with E-state index in [2.05, 4.69) is 41.3 Å². The Balaban J connectivity index is 1.35. The molecule has 1 saturated heterocycles. The molecule has 3 atom stereocenters. The molecule has 1 aromatic carbocycles.